The van der Waals surface area contributed by atoms with Gasteiger partial charge in [-0.1, -0.05) is 35.3 Å². The number of hydrogen-bond acceptors (Lipinski definition) is 3. The molecule has 124 valence electrons. The van der Waals surface area contributed by atoms with Gasteiger partial charge in [-0.15, -0.1) is 0 Å². The largest absolute Gasteiger partial charge is 0.368 e. The van der Waals surface area contributed by atoms with Crippen molar-refractivity contribution in [3.8, 4) is 0 Å². The molecule has 0 bridgehead atoms. The maximum atomic E-state index is 6.30. The summed E-state index contributed by atoms with van der Waals surface area (Å²) >= 11 is 12.3. The molecule has 0 aliphatic carbocycles. The van der Waals surface area contributed by atoms with Crippen LogP contribution >= 0.6 is 23.2 Å². The van der Waals surface area contributed by atoms with E-state index < -0.39 is 0 Å². The lowest BCUT2D eigenvalue weighted by Crippen LogP contribution is -2.46. The fraction of sp³-hybridized carbons (Fsp3) is 0.278. The van der Waals surface area contributed by atoms with Crippen molar-refractivity contribution in [2.75, 3.05) is 31.1 Å². The molecule has 6 heteroatoms. The van der Waals surface area contributed by atoms with Crippen molar-refractivity contribution < 1.29 is 0 Å². The van der Waals surface area contributed by atoms with E-state index in [1.54, 1.807) is 0 Å². The molecule has 4 rings (SSSR count). The van der Waals surface area contributed by atoms with Crippen LogP contribution in [0.4, 0.5) is 5.69 Å². The van der Waals surface area contributed by atoms with Crippen molar-refractivity contribution >= 4 is 34.5 Å². The third kappa shape index (κ3) is 3.22. The average Bonchev–Trinajstić information content (AvgIpc) is 2.97. The maximum Gasteiger partial charge on any atom is 0.137 e. The summed E-state index contributed by atoms with van der Waals surface area (Å²) in [5, 5.41) is 1.54. The van der Waals surface area contributed by atoms with E-state index in [0.717, 1.165) is 59.8 Å². The van der Waals surface area contributed by atoms with Gasteiger partial charge < -0.3 is 9.30 Å². The van der Waals surface area contributed by atoms with Crippen LogP contribution in [-0.4, -0.2) is 40.5 Å². The number of para-hydroxylation sites is 1. The first kappa shape index (κ1) is 15.8. The Bertz CT molecular complexity index is 853. The Morgan fingerprint density at radius 2 is 1.71 bits per heavy atom. The molecule has 3 heterocycles. The minimum absolute atomic E-state index is 0.722. The summed E-state index contributed by atoms with van der Waals surface area (Å²) in [6.07, 6.45) is 3.95. The second-order valence-electron chi connectivity index (χ2n) is 6.06. The van der Waals surface area contributed by atoms with Crippen LogP contribution in [0.2, 0.25) is 10.0 Å². The highest BCUT2D eigenvalue weighted by Crippen LogP contribution is 2.26. The van der Waals surface area contributed by atoms with Gasteiger partial charge in [-0.2, -0.15) is 0 Å². The molecule has 1 aliphatic rings. The normalized spacial score (nSPS) is 16.0. The second-order valence-corrected chi connectivity index (χ2v) is 6.90. The van der Waals surface area contributed by atoms with Crippen molar-refractivity contribution in [3.63, 3.8) is 0 Å². The summed E-state index contributed by atoms with van der Waals surface area (Å²) in [7, 11) is 0. The van der Waals surface area contributed by atoms with Crippen LogP contribution in [0.25, 0.3) is 5.65 Å². The molecule has 0 amide bonds. The van der Waals surface area contributed by atoms with Crippen molar-refractivity contribution in [2.45, 2.75) is 6.54 Å². The molecule has 0 radical (unpaired) electrons. The molecule has 0 spiro atoms. The predicted octanol–water partition coefficient (Wildman–Crippen LogP) is 3.96. The van der Waals surface area contributed by atoms with Crippen LogP contribution in [0, 0.1) is 0 Å². The Morgan fingerprint density at radius 1 is 0.917 bits per heavy atom. The van der Waals surface area contributed by atoms with Gasteiger partial charge in [0.05, 0.1) is 21.4 Å². The van der Waals surface area contributed by atoms with Crippen LogP contribution in [0.15, 0.2) is 48.8 Å². The maximum absolute atomic E-state index is 6.30. The third-order valence-electron chi connectivity index (χ3n) is 4.42. The van der Waals surface area contributed by atoms with Gasteiger partial charge >= 0.3 is 0 Å². The van der Waals surface area contributed by atoms with E-state index in [1.165, 1.54) is 0 Å². The molecule has 1 saturated heterocycles. The molecule has 1 aromatic carbocycles. The first-order valence-electron chi connectivity index (χ1n) is 8.04. The fourth-order valence-electron chi connectivity index (χ4n) is 3.18. The van der Waals surface area contributed by atoms with Gasteiger partial charge in [-0.05, 0) is 24.3 Å². The van der Waals surface area contributed by atoms with Crippen molar-refractivity contribution in [1.82, 2.24) is 14.3 Å². The number of piperazine rings is 1. The third-order valence-corrected chi connectivity index (χ3v) is 4.96. The molecule has 0 N–H and O–H groups in total. The molecular formula is C18H18Cl2N4. The summed E-state index contributed by atoms with van der Waals surface area (Å²) in [5.41, 5.74) is 3.13. The van der Waals surface area contributed by atoms with Crippen molar-refractivity contribution in [3.05, 3.63) is 64.5 Å². The predicted molar refractivity (Wildman–Crippen MR) is 99.1 cm³/mol. The zero-order valence-electron chi connectivity index (χ0n) is 13.2. The number of fused-ring (bicyclic) bond motifs is 1. The summed E-state index contributed by atoms with van der Waals surface area (Å²) in [4.78, 5) is 9.44. The molecule has 1 fully saturated rings. The number of anilines is 1. The first-order chi connectivity index (χ1) is 11.7. The lowest BCUT2D eigenvalue weighted by molar-refractivity contribution is 0.247. The second kappa shape index (κ2) is 6.63. The first-order valence-corrected chi connectivity index (χ1v) is 8.79. The van der Waals surface area contributed by atoms with Gasteiger partial charge in [0, 0.05) is 45.1 Å². The van der Waals surface area contributed by atoms with E-state index in [9.17, 15) is 0 Å². The SMILES string of the molecule is Clc1ccc2nc(CN3CCN(c4ccccc4Cl)CC3)cn2c1. The number of hydrogen-bond donors (Lipinski definition) is 0. The van der Waals surface area contributed by atoms with E-state index in [1.807, 2.05) is 40.9 Å². The van der Waals surface area contributed by atoms with Crippen molar-refractivity contribution in [1.29, 1.82) is 0 Å². The number of rotatable bonds is 3. The highest BCUT2D eigenvalue weighted by Gasteiger charge is 2.19. The monoisotopic (exact) mass is 360 g/mol. The van der Waals surface area contributed by atoms with Gasteiger partial charge in [-0.25, -0.2) is 4.98 Å². The van der Waals surface area contributed by atoms with Crippen molar-refractivity contribution in [2.24, 2.45) is 0 Å². The molecule has 4 nitrogen and oxygen atoms in total. The van der Waals surface area contributed by atoms with Gasteiger partial charge in [-0.3, -0.25) is 4.90 Å². The number of nitrogens with zero attached hydrogens (tertiary/aromatic N) is 4. The fourth-order valence-corrected chi connectivity index (χ4v) is 3.60. The average molecular weight is 361 g/mol. The van der Waals surface area contributed by atoms with Crippen LogP contribution < -0.4 is 4.90 Å². The van der Waals surface area contributed by atoms with Gasteiger partial charge in [0.25, 0.3) is 0 Å². The number of imidazole rings is 1. The summed E-state index contributed by atoms with van der Waals surface area (Å²) in [6, 6.07) is 11.9. The Hall–Kier alpha value is -1.75. The quantitative estimate of drug-likeness (QED) is 0.706. The summed E-state index contributed by atoms with van der Waals surface area (Å²) in [5.74, 6) is 0. The Morgan fingerprint density at radius 3 is 2.50 bits per heavy atom. The number of pyridine rings is 1. The molecule has 0 atom stereocenters. The van der Waals surface area contributed by atoms with Gasteiger partial charge in [0.1, 0.15) is 5.65 Å². The molecule has 24 heavy (non-hydrogen) atoms. The Kier molecular flexibility index (Phi) is 4.35. The minimum Gasteiger partial charge on any atom is -0.368 e. The lowest BCUT2D eigenvalue weighted by Gasteiger charge is -2.36. The van der Waals surface area contributed by atoms with E-state index in [2.05, 4.69) is 27.0 Å². The zero-order valence-corrected chi connectivity index (χ0v) is 14.7. The van der Waals surface area contributed by atoms with E-state index in [4.69, 9.17) is 23.2 Å². The molecular weight excluding hydrogens is 343 g/mol. The van der Waals surface area contributed by atoms with Crippen LogP contribution in [0.3, 0.4) is 0 Å². The summed E-state index contributed by atoms with van der Waals surface area (Å²) < 4.78 is 1.98. The number of benzene rings is 1. The molecule has 3 aromatic rings. The number of aromatic nitrogens is 2. The zero-order chi connectivity index (χ0) is 16.5. The lowest BCUT2D eigenvalue weighted by atomic mass is 10.2. The molecule has 2 aromatic heterocycles. The van der Waals surface area contributed by atoms with E-state index >= 15 is 0 Å². The smallest absolute Gasteiger partial charge is 0.137 e. The highest BCUT2D eigenvalue weighted by atomic mass is 35.5. The van der Waals surface area contributed by atoms with Crippen LogP contribution in [0.5, 0.6) is 0 Å². The molecule has 0 saturated carbocycles. The van der Waals surface area contributed by atoms with Crippen LogP contribution in [-0.2, 0) is 6.54 Å². The van der Waals surface area contributed by atoms with Gasteiger partial charge in [0.2, 0.25) is 0 Å². The standard InChI is InChI=1S/C18H18Cl2N4/c19-14-5-6-18-21-15(13-24(18)11-14)12-22-7-9-23(10-8-22)17-4-2-1-3-16(17)20/h1-6,11,13H,7-10,12H2. The molecule has 0 unspecified atom stereocenters. The van der Waals surface area contributed by atoms with E-state index in [-0.39, 0.29) is 0 Å². The molecule has 1 aliphatic heterocycles. The van der Waals surface area contributed by atoms with E-state index in [0.29, 0.717) is 0 Å². The Balaban J connectivity index is 1.41. The minimum atomic E-state index is 0.722. The summed E-state index contributed by atoms with van der Waals surface area (Å²) in [6.45, 7) is 4.81. The number of halogens is 2. The Labute approximate surface area is 151 Å². The van der Waals surface area contributed by atoms with Crippen LogP contribution in [0.1, 0.15) is 5.69 Å². The van der Waals surface area contributed by atoms with Gasteiger partial charge in [0.15, 0.2) is 0 Å². The topological polar surface area (TPSA) is 23.8 Å². The highest BCUT2D eigenvalue weighted by molar-refractivity contribution is 6.33.